The maximum atomic E-state index is 13.1. The molecule has 7 nitrogen and oxygen atoms in total. The predicted octanol–water partition coefficient (Wildman–Crippen LogP) is 2.90. The number of amides is 2. The molecule has 1 aromatic carbocycles. The van der Waals surface area contributed by atoms with Gasteiger partial charge in [0, 0.05) is 25.3 Å². The zero-order valence-corrected chi connectivity index (χ0v) is 18.0. The zero-order valence-electron chi connectivity index (χ0n) is 18.0. The third-order valence-electron chi connectivity index (χ3n) is 5.71. The van der Waals surface area contributed by atoms with Gasteiger partial charge >= 0.3 is 5.97 Å². The molecule has 1 aliphatic heterocycles. The number of H-pyrrole nitrogens is 1. The van der Waals surface area contributed by atoms with E-state index in [0.717, 1.165) is 18.4 Å². The molecule has 1 fully saturated rings. The smallest absolute Gasteiger partial charge is 0.339 e. The molecule has 0 spiro atoms. The fourth-order valence-electron chi connectivity index (χ4n) is 3.95. The molecule has 30 heavy (non-hydrogen) atoms. The van der Waals surface area contributed by atoms with Gasteiger partial charge in [-0.3, -0.25) is 9.59 Å². The van der Waals surface area contributed by atoms with Crippen molar-refractivity contribution >= 4 is 17.8 Å². The fraction of sp³-hybridized carbons (Fsp3) is 0.435. The Morgan fingerprint density at radius 1 is 1.17 bits per heavy atom. The van der Waals surface area contributed by atoms with Gasteiger partial charge in [-0.25, -0.2) is 4.79 Å². The number of nitrogens with zero attached hydrogens (tertiary/aromatic N) is 1. The number of methoxy groups -OCH3 is 1. The largest absolute Gasteiger partial charge is 0.465 e. The Labute approximate surface area is 176 Å². The van der Waals surface area contributed by atoms with Gasteiger partial charge < -0.3 is 19.9 Å². The van der Waals surface area contributed by atoms with E-state index in [1.165, 1.54) is 12.7 Å². The highest BCUT2D eigenvalue weighted by Gasteiger charge is 2.31. The Kier molecular flexibility index (Phi) is 6.59. The van der Waals surface area contributed by atoms with Crippen LogP contribution in [0.5, 0.6) is 0 Å². The number of piperidine rings is 1. The Hall–Kier alpha value is -3.09. The normalized spacial score (nSPS) is 16.3. The van der Waals surface area contributed by atoms with E-state index < -0.39 is 5.97 Å². The van der Waals surface area contributed by atoms with Gasteiger partial charge in [-0.1, -0.05) is 29.8 Å². The Morgan fingerprint density at radius 3 is 2.53 bits per heavy atom. The van der Waals surface area contributed by atoms with E-state index in [9.17, 15) is 14.4 Å². The number of carbonyl (C=O) groups excluding carboxylic acids is 3. The quantitative estimate of drug-likeness (QED) is 0.740. The first-order chi connectivity index (χ1) is 14.3. The minimum Gasteiger partial charge on any atom is -0.465 e. The topological polar surface area (TPSA) is 91.5 Å². The second kappa shape index (κ2) is 9.15. The average molecular weight is 412 g/mol. The molecule has 160 valence electrons. The lowest BCUT2D eigenvalue weighted by Gasteiger charge is -2.32. The maximum Gasteiger partial charge on any atom is 0.339 e. The van der Waals surface area contributed by atoms with Gasteiger partial charge in [0.15, 0.2) is 0 Å². The first kappa shape index (κ1) is 21.6. The lowest BCUT2D eigenvalue weighted by Crippen LogP contribution is -2.45. The van der Waals surface area contributed by atoms with Crippen LogP contribution in [0.3, 0.4) is 0 Å². The van der Waals surface area contributed by atoms with Crippen molar-refractivity contribution in [2.24, 2.45) is 5.92 Å². The van der Waals surface area contributed by atoms with Crippen molar-refractivity contribution < 1.29 is 19.1 Å². The number of hydrogen-bond acceptors (Lipinski definition) is 4. The molecule has 0 saturated carbocycles. The fourth-order valence-corrected chi connectivity index (χ4v) is 3.95. The van der Waals surface area contributed by atoms with Crippen LogP contribution in [0, 0.1) is 26.7 Å². The van der Waals surface area contributed by atoms with E-state index in [-0.39, 0.29) is 17.7 Å². The highest BCUT2D eigenvalue weighted by molar-refractivity contribution is 6.00. The van der Waals surface area contributed by atoms with Crippen LogP contribution in [-0.2, 0) is 16.1 Å². The molecule has 2 aromatic rings. The Bertz CT molecular complexity index is 946. The lowest BCUT2D eigenvalue weighted by molar-refractivity contribution is -0.126. The van der Waals surface area contributed by atoms with Crippen molar-refractivity contribution in [2.75, 3.05) is 20.2 Å². The Morgan fingerprint density at radius 2 is 1.87 bits per heavy atom. The molecule has 0 radical (unpaired) electrons. The van der Waals surface area contributed by atoms with Gasteiger partial charge in [0.05, 0.1) is 18.6 Å². The number of aromatic nitrogens is 1. The second-order valence-electron chi connectivity index (χ2n) is 7.91. The maximum absolute atomic E-state index is 13.1. The molecule has 2 N–H and O–H groups in total. The van der Waals surface area contributed by atoms with E-state index in [1.54, 1.807) is 18.7 Å². The minimum atomic E-state index is -0.465. The summed E-state index contributed by atoms with van der Waals surface area (Å²) in [6.45, 7) is 6.93. The summed E-state index contributed by atoms with van der Waals surface area (Å²) >= 11 is 0. The molecule has 0 aliphatic carbocycles. The van der Waals surface area contributed by atoms with Gasteiger partial charge in [0.2, 0.25) is 5.91 Å². The summed E-state index contributed by atoms with van der Waals surface area (Å²) in [5.74, 6) is -0.943. The summed E-state index contributed by atoms with van der Waals surface area (Å²) in [6.07, 6.45) is 1.51. The van der Waals surface area contributed by atoms with E-state index >= 15 is 0 Å². The first-order valence-corrected chi connectivity index (χ1v) is 10.2. The summed E-state index contributed by atoms with van der Waals surface area (Å²) in [7, 11) is 1.32. The molecule has 1 atom stereocenters. The molecule has 3 rings (SSSR count). The number of aryl methyl sites for hydroxylation is 2. The van der Waals surface area contributed by atoms with Crippen LogP contribution in [0.2, 0.25) is 0 Å². The number of esters is 1. The number of likely N-dealkylation sites (tertiary alicyclic amines) is 1. The summed E-state index contributed by atoms with van der Waals surface area (Å²) in [4.78, 5) is 42.5. The standard InChI is InChI=1S/C23H29N3O4/c1-14-7-9-17(10-8-14)12-24-21(27)18-6-5-11-26(13-18)22(28)20-15(2)19(16(3)25-20)23(29)30-4/h7-10,18,25H,5-6,11-13H2,1-4H3,(H,24,27). The number of benzene rings is 1. The molecule has 2 heterocycles. The summed E-state index contributed by atoms with van der Waals surface area (Å²) < 4.78 is 4.82. The minimum absolute atomic E-state index is 0.0392. The van der Waals surface area contributed by atoms with Gasteiger partial charge in [-0.05, 0) is 44.7 Å². The van der Waals surface area contributed by atoms with Gasteiger partial charge in [0.25, 0.3) is 5.91 Å². The van der Waals surface area contributed by atoms with Crippen LogP contribution in [0.25, 0.3) is 0 Å². The van der Waals surface area contributed by atoms with Gasteiger partial charge in [-0.2, -0.15) is 0 Å². The van der Waals surface area contributed by atoms with Gasteiger partial charge in [0.1, 0.15) is 5.69 Å². The molecule has 1 aliphatic rings. The van der Waals surface area contributed by atoms with Gasteiger partial charge in [-0.15, -0.1) is 0 Å². The molecular formula is C23H29N3O4. The summed E-state index contributed by atoms with van der Waals surface area (Å²) in [5, 5.41) is 2.99. The highest BCUT2D eigenvalue weighted by atomic mass is 16.5. The second-order valence-corrected chi connectivity index (χ2v) is 7.91. The number of rotatable bonds is 5. The van der Waals surface area contributed by atoms with Crippen LogP contribution in [0.4, 0.5) is 0 Å². The average Bonchev–Trinajstić information content (AvgIpc) is 3.06. The van der Waals surface area contributed by atoms with Crippen LogP contribution >= 0.6 is 0 Å². The van der Waals surface area contributed by atoms with Crippen molar-refractivity contribution in [3.63, 3.8) is 0 Å². The molecular weight excluding hydrogens is 382 g/mol. The van der Waals surface area contributed by atoms with Crippen molar-refractivity contribution in [1.82, 2.24) is 15.2 Å². The van der Waals surface area contributed by atoms with Crippen molar-refractivity contribution in [2.45, 2.75) is 40.2 Å². The molecule has 1 saturated heterocycles. The molecule has 7 heteroatoms. The number of carbonyl (C=O) groups is 3. The van der Waals surface area contributed by atoms with Crippen molar-refractivity contribution in [3.05, 3.63) is 57.9 Å². The monoisotopic (exact) mass is 411 g/mol. The first-order valence-electron chi connectivity index (χ1n) is 10.2. The predicted molar refractivity (Wildman–Crippen MR) is 113 cm³/mol. The number of hydrogen-bond donors (Lipinski definition) is 2. The zero-order chi connectivity index (χ0) is 21.8. The SMILES string of the molecule is COC(=O)c1c(C)[nH]c(C(=O)N2CCCC(C(=O)NCc3ccc(C)cc3)C2)c1C. The van der Waals surface area contributed by atoms with Crippen molar-refractivity contribution in [3.8, 4) is 0 Å². The van der Waals surface area contributed by atoms with Crippen LogP contribution in [0.15, 0.2) is 24.3 Å². The van der Waals surface area contributed by atoms with E-state index in [4.69, 9.17) is 4.74 Å². The third-order valence-corrected chi connectivity index (χ3v) is 5.71. The lowest BCUT2D eigenvalue weighted by atomic mass is 9.96. The number of aromatic amines is 1. The van der Waals surface area contributed by atoms with Crippen LogP contribution in [0.1, 0.15) is 56.1 Å². The van der Waals surface area contributed by atoms with E-state index in [2.05, 4.69) is 10.3 Å². The molecule has 2 amide bonds. The Balaban J connectivity index is 1.65. The third kappa shape index (κ3) is 4.56. The highest BCUT2D eigenvalue weighted by Crippen LogP contribution is 2.23. The molecule has 1 aromatic heterocycles. The van der Waals surface area contributed by atoms with Crippen LogP contribution in [-0.4, -0.2) is 47.9 Å². The van der Waals surface area contributed by atoms with E-state index in [0.29, 0.717) is 42.1 Å². The molecule has 1 unspecified atom stereocenters. The van der Waals surface area contributed by atoms with Crippen molar-refractivity contribution in [1.29, 1.82) is 0 Å². The van der Waals surface area contributed by atoms with Crippen LogP contribution < -0.4 is 5.32 Å². The number of nitrogens with one attached hydrogen (secondary N) is 2. The summed E-state index contributed by atoms with van der Waals surface area (Å²) in [5.41, 5.74) is 4.18. The summed E-state index contributed by atoms with van der Waals surface area (Å²) in [6, 6.07) is 8.04. The number of ether oxygens (including phenoxy) is 1. The van der Waals surface area contributed by atoms with E-state index in [1.807, 2.05) is 31.2 Å². The molecule has 0 bridgehead atoms.